The molecule has 0 saturated carbocycles. The van der Waals surface area contributed by atoms with Gasteiger partial charge in [0.2, 0.25) is 10.0 Å². The molecule has 1 fully saturated rings. The number of hydrogen-bond acceptors (Lipinski definition) is 5. The number of aryl methyl sites for hydroxylation is 2. The molecule has 1 aliphatic heterocycles. The van der Waals surface area contributed by atoms with Crippen LogP contribution in [0.25, 0.3) is 0 Å². The Labute approximate surface area is 196 Å². The van der Waals surface area contributed by atoms with E-state index in [1.54, 1.807) is 24.3 Å². The van der Waals surface area contributed by atoms with E-state index in [0.29, 0.717) is 13.1 Å². The molecule has 174 valence electrons. The van der Waals surface area contributed by atoms with Crippen LogP contribution in [-0.4, -0.2) is 49.7 Å². The minimum Gasteiger partial charge on any atom is -0.373 e. The molecule has 2 aromatic carbocycles. The number of piperazine rings is 1. The number of carbonyl (C=O) groups excluding carboxylic acids is 1. The van der Waals surface area contributed by atoms with Crippen LogP contribution in [0.1, 0.15) is 36.5 Å². The number of para-hydroxylation sites is 1. The molecular weight excluding hydrogens is 436 g/mol. The number of sulfonamides is 1. The fourth-order valence-corrected chi connectivity index (χ4v) is 5.20. The van der Waals surface area contributed by atoms with Crippen molar-refractivity contribution in [1.29, 1.82) is 5.26 Å². The van der Waals surface area contributed by atoms with E-state index in [2.05, 4.69) is 19.2 Å². The number of benzene rings is 2. The number of rotatable bonds is 6. The molecule has 1 heterocycles. The van der Waals surface area contributed by atoms with Crippen LogP contribution >= 0.6 is 0 Å². The van der Waals surface area contributed by atoms with Crippen LogP contribution in [0.15, 0.2) is 59.1 Å². The van der Waals surface area contributed by atoms with Gasteiger partial charge in [0.1, 0.15) is 11.6 Å². The van der Waals surface area contributed by atoms with Gasteiger partial charge in [-0.3, -0.25) is 4.79 Å². The molecule has 0 bridgehead atoms. The number of nitrogens with one attached hydrogen (secondary N) is 1. The zero-order valence-corrected chi connectivity index (χ0v) is 20.3. The van der Waals surface area contributed by atoms with Gasteiger partial charge in [-0.2, -0.15) is 9.57 Å². The fourth-order valence-electron chi connectivity index (χ4n) is 3.78. The molecule has 7 nitrogen and oxygen atoms in total. The molecule has 33 heavy (non-hydrogen) atoms. The quantitative estimate of drug-likeness (QED) is 0.517. The molecule has 1 aliphatic rings. The topological polar surface area (TPSA) is 93.5 Å². The van der Waals surface area contributed by atoms with E-state index in [4.69, 9.17) is 0 Å². The largest absolute Gasteiger partial charge is 0.373 e. The first-order valence-electron chi connectivity index (χ1n) is 11.0. The van der Waals surface area contributed by atoms with Gasteiger partial charge in [-0.1, -0.05) is 49.7 Å². The van der Waals surface area contributed by atoms with Gasteiger partial charge in [-0.25, -0.2) is 8.42 Å². The lowest BCUT2D eigenvalue weighted by molar-refractivity contribution is -0.112. The predicted octanol–water partition coefficient (Wildman–Crippen LogP) is 3.78. The second kappa shape index (κ2) is 10.2. The summed E-state index contributed by atoms with van der Waals surface area (Å²) in [7, 11) is -3.57. The zero-order valence-electron chi connectivity index (χ0n) is 19.5. The summed E-state index contributed by atoms with van der Waals surface area (Å²) >= 11 is 0. The Bertz CT molecular complexity index is 1190. The maximum Gasteiger partial charge on any atom is 0.267 e. The summed E-state index contributed by atoms with van der Waals surface area (Å²) in [5.74, 6) is -0.248. The monoisotopic (exact) mass is 466 g/mol. The highest BCUT2D eigenvalue weighted by Crippen LogP contribution is 2.28. The maximum absolute atomic E-state index is 12.9. The van der Waals surface area contributed by atoms with E-state index in [1.807, 2.05) is 43.0 Å². The molecular formula is C25H30N4O3S. The number of anilines is 1. The highest BCUT2D eigenvalue weighted by atomic mass is 32.2. The molecule has 1 N–H and O–H groups in total. The first-order chi connectivity index (χ1) is 15.6. The Hall–Kier alpha value is -3.15. The highest BCUT2D eigenvalue weighted by Gasteiger charge is 2.28. The second-order valence-corrected chi connectivity index (χ2v) is 10.5. The number of nitrogens with zero attached hydrogens (tertiary/aromatic N) is 3. The normalized spacial score (nSPS) is 15.4. The average Bonchev–Trinajstić information content (AvgIpc) is 2.79. The predicted molar refractivity (Wildman–Crippen MR) is 129 cm³/mol. The molecule has 8 heteroatoms. The summed E-state index contributed by atoms with van der Waals surface area (Å²) in [5, 5.41) is 12.5. The molecule has 1 amide bonds. The van der Waals surface area contributed by atoms with Gasteiger partial charge < -0.3 is 10.2 Å². The van der Waals surface area contributed by atoms with Gasteiger partial charge in [0, 0.05) is 38.1 Å². The summed E-state index contributed by atoms with van der Waals surface area (Å²) in [6.45, 7) is 9.28. The van der Waals surface area contributed by atoms with Crippen LogP contribution in [-0.2, 0) is 14.8 Å². The van der Waals surface area contributed by atoms with Crippen LogP contribution in [0.5, 0.6) is 0 Å². The van der Waals surface area contributed by atoms with Crippen molar-refractivity contribution >= 4 is 21.6 Å². The SMILES string of the molecule is Cc1ccc(S(=O)(=O)N2CCN(/C=C(/C#N)C(=O)Nc3c(C)cccc3C(C)C)CC2)cc1. The Balaban J connectivity index is 1.70. The van der Waals surface area contributed by atoms with Gasteiger partial charge in [0.25, 0.3) is 5.91 Å². The van der Waals surface area contributed by atoms with Gasteiger partial charge >= 0.3 is 0 Å². The van der Waals surface area contributed by atoms with Crippen molar-refractivity contribution in [3.8, 4) is 6.07 Å². The number of hydrogen-bond donors (Lipinski definition) is 1. The van der Waals surface area contributed by atoms with Crippen molar-refractivity contribution < 1.29 is 13.2 Å². The molecule has 0 aliphatic carbocycles. The van der Waals surface area contributed by atoms with E-state index in [-0.39, 0.29) is 29.5 Å². The molecule has 3 rings (SSSR count). The summed E-state index contributed by atoms with van der Waals surface area (Å²) in [5.41, 5.74) is 3.66. The summed E-state index contributed by atoms with van der Waals surface area (Å²) < 4.78 is 27.2. The van der Waals surface area contributed by atoms with Crippen LogP contribution in [0.2, 0.25) is 0 Å². The Morgan fingerprint density at radius 2 is 1.70 bits per heavy atom. The number of nitriles is 1. The summed E-state index contributed by atoms with van der Waals surface area (Å²) in [4.78, 5) is 14.9. The fraction of sp³-hybridized carbons (Fsp3) is 0.360. The smallest absolute Gasteiger partial charge is 0.267 e. The Kier molecular flexibility index (Phi) is 7.57. The third-order valence-electron chi connectivity index (χ3n) is 5.77. The van der Waals surface area contributed by atoms with E-state index in [0.717, 1.165) is 22.4 Å². The van der Waals surface area contributed by atoms with Gasteiger partial charge in [0.05, 0.1) is 4.90 Å². The Morgan fingerprint density at radius 1 is 1.06 bits per heavy atom. The summed E-state index contributed by atoms with van der Waals surface area (Å²) in [6, 6.07) is 14.6. The standard InChI is InChI=1S/C25H30N4O3S/c1-18(2)23-7-5-6-20(4)24(23)27-25(30)21(16-26)17-28-12-14-29(15-13-28)33(31,32)22-10-8-19(3)9-11-22/h5-11,17-18H,12-15H2,1-4H3,(H,27,30)/b21-17-. The maximum atomic E-state index is 12.9. The molecule has 0 radical (unpaired) electrons. The van der Waals surface area contributed by atoms with Crippen LogP contribution < -0.4 is 5.32 Å². The Morgan fingerprint density at radius 3 is 2.27 bits per heavy atom. The number of amides is 1. The van der Waals surface area contributed by atoms with Crippen LogP contribution in [0, 0.1) is 25.2 Å². The van der Waals surface area contributed by atoms with Crippen LogP contribution in [0.4, 0.5) is 5.69 Å². The van der Waals surface area contributed by atoms with E-state index >= 15 is 0 Å². The van der Waals surface area contributed by atoms with Crippen LogP contribution in [0.3, 0.4) is 0 Å². The minimum atomic E-state index is -3.57. The van der Waals surface area contributed by atoms with Gasteiger partial charge in [0.15, 0.2) is 0 Å². The molecule has 1 saturated heterocycles. The van der Waals surface area contributed by atoms with Crippen molar-refractivity contribution in [3.05, 3.63) is 70.9 Å². The molecule has 0 spiro atoms. The van der Waals surface area contributed by atoms with E-state index in [1.165, 1.54) is 10.5 Å². The average molecular weight is 467 g/mol. The molecule has 2 aromatic rings. The first-order valence-corrected chi connectivity index (χ1v) is 12.4. The van der Waals surface area contributed by atoms with Gasteiger partial charge in [-0.15, -0.1) is 0 Å². The van der Waals surface area contributed by atoms with E-state index in [9.17, 15) is 18.5 Å². The number of carbonyl (C=O) groups is 1. The lowest BCUT2D eigenvalue weighted by atomic mass is 9.98. The lowest BCUT2D eigenvalue weighted by Crippen LogP contribution is -2.46. The molecule has 0 unspecified atom stereocenters. The molecule has 0 atom stereocenters. The van der Waals surface area contributed by atoms with Crippen molar-refractivity contribution in [2.45, 2.75) is 38.5 Å². The third kappa shape index (κ3) is 5.62. The van der Waals surface area contributed by atoms with Gasteiger partial charge in [-0.05, 0) is 43.0 Å². The second-order valence-electron chi connectivity index (χ2n) is 8.56. The third-order valence-corrected chi connectivity index (χ3v) is 7.69. The zero-order chi connectivity index (χ0) is 24.2. The minimum absolute atomic E-state index is 0.0113. The lowest BCUT2D eigenvalue weighted by Gasteiger charge is -2.33. The van der Waals surface area contributed by atoms with Crippen molar-refractivity contribution in [1.82, 2.24) is 9.21 Å². The van der Waals surface area contributed by atoms with Crippen molar-refractivity contribution in [2.24, 2.45) is 0 Å². The van der Waals surface area contributed by atoms with Crippen molar-refractivity contribution in [2.75, 3.05) is 31.5 Å². The highest BCUT2D eigenvalue weighted by molar-refractivity contribution is 7.89. The van der Waals surface area contributed by atoms with Crippen molar-refractivity contribution in [3.63, 3.8) is 0 Å². The summed E-state index contributed by atoms with van der Waals surface area (Å²) in [6.07, 6.45) is 1.53. The first kappa shape index (κ1) is 24.5. The van der Waals surface area contributed by atoms with E-state index < -0.39 is 15.9 Å². The molecule has 0 aromatic heterocycles.